The predicted molar refractivity (Wildman–Crippen MR) is 114 cm³/mol. The lowest BCUT2D eigenvalue weighted by atomic mass is 9.93. The molecule has 1 atom stereocenters. The van der Waals surface area contributed by atoms with Gasteiger partial charge in [0.1, 0.15) is 5.56 Å². The van der Waals surface area contributed by atoms with Crippen LogP contribution in [0.15, 0.2) is 23.4 Å². The van der Waals surface area contributed by atoms with Gasteiger partial charge >= 0.3 is 12.4 Å². The molecule has 3 rings (SSSR count). The molecule has 0 saturated carbocycles. The van der Waals surface area contributed by atoms with Gasteiger partial charge in [-0.15, -0.1) is 0 Å². The second-order valence-electron chi connectivity index (χ2n) is 8.34. The SMILES string of the molecule is C[C@@H](COCCC(=O)N1CCC(c2cnc(C(F)(F)F)cn2)CC1)Nc1cn[nH]c(=O)c1C(F)(F)F. The van der Waals surface area contributed by atoms with Crippen LogP contribution in [-0.4, -0.2) is 63.3 Å². The molecule has 2 aromatic rings. The molecule has 1 aliphatic heterocycles. The highest BCUT2D eigenvalue weighted by Gasteiger charge is 2.37. The van der Waals surface area contributed by atoms with Gasteiger partial charge in [-0.2, -0.15) is 31.4 Å². The Kier molecular flexibility index (Phi) is 8.53. The Hall–Kier alpha value is -3.23. The van der Waals surface area contributed by atoms with Gasteiger partial charge < -0.3 is 15.0 Å². The maximum Gasteiger partial charge on any atom is 0.434 e. The summed E-state index contributed by atoms with van der Waals surface area (Å²) < 4.78 is 82.6. The van der Waals surface area contributed by atoms with Gasteiger partial charge in [0.25, 0.3) is 5.56 Å². The number of ether oxygens (including phenoxy) is 1. The summed E-state index contributed by atoms with van der Waals surface area (Å²) in [5.41, 5.74) is -3.83. The van der Waals surface area contributed by atoms with Crippen LogP contribution >= 0.6 is 0 Å². The number of nitrogens with zero attached hydrogens (tertiary/aromatic N) is 4. The molecule has 36 heavy (non-hydrogen) atoms. The van der Waals surface area contributed by atoms with Gasteiger partial charge in [0.2, 0.25) is 5.91 Å². The number of piperidine rings is 1. The average molecular weight is 522 g/mol. The Morgan fingerprint density at radius 1 is 1.14 bits per heavy atom. The first-order chi connectivity index (χ1) is 16.9. The summed E-state index contributed by atoms with van der Waals surface area (Å²) in [6.07, 6.45) is -5.62. The molecule has 2 N–H and O–H groups in total. The molecule has 0 aromatic carbocycles. The van der Waals surface area contributed by atoms with E-state index in [2.05, 4.69) is 20.4 Å². The van der Waals surface area contributed by atoms with E-state index in [1.54, 1.807) is 16.9 Å². The third kappa shape index (κ3) is 7.15. The molecule has 198 valence electrons. The molecule has 15 heteroatoms. The molecular weight excluding hydrogens is 498 g/mol. The van der Waals surface area contributed by atoms with Crippen LogP contribution in [0.2, 0.25) is 0 Å². The normalized spacial score (nSPS) is 16.1. The number of aromatic nitrogens is 4. The Morgan fingerprint density at radius 3 is 2.42 bits per heavy atom. The van der Waals surface area contributed by atoms with Gasteiger partial charge in [0.15, 0.2) is 5.69 Å². The molecule has 0 radical (unpaired) electrons. The van der Waals surface area contributed by atoms with Gasteiger partial charge in [-0.05, 0) is 19.8 Å². The Balaban J connectivity index is 1.40. The number of H-pyrrole nitrogens is 1. The Morgan fingerprint density at radius 2 is 1.83 bits per heavy atom. The van der Waals surface area contributed by atoms with Gasteiger partial charge in [-0.25, -0.2) is 10.1 Å². The first-order valence-electron chi connectivity index (χ1n) is 11.0. The zero-order valence-corrected chi connectivity index (χ0v) is 19.1. The number of nitrogens with one attached hydrogen (secondary N) is 2. The van der Waals surface area contributed by atoms with Gasteiger partial charge in [-0.1, -0.05) is 0 Å². The fourth-order valence-electron chi connectivity index (χ4n) is 3.79. The molecule has 0 unspecified atom stereocenters. The van der Waals surface area contributed by atoms with Crippen LogP contribution in [-0.2, 0) is 21.9 Å². The fraction of sp³-hybridized carbons (Fsp3) is 0.571. The Labute approximate surface area is 201 Å². The number of halogens is 6. The average Bonchev–Trinajstić information content (AvgIpc) is 2.80. The summed E-state index contributed by atoms with van der Waals surface area (Å²) in [5.74, 6) is -0.279. The van der Waals surface area contributed by atoms with Crippen molar-refractivity contribution in [3.8, 4) is 0 Å². The van der Waals surface area contributed by atoms with Crippen molar-refractivity contribution in [3.05, 3.63) is 45.9 Å². The molecule has 1 amide bonds. The topological polar surface area (TPSA) is 113 Å². The molecule has 1 saturated heterocycles. The minimum atomic E-state index is -4.86. The third-order valence-corrected chi connectivity index (χ3v) is 5.60. The Bertz CT molecular complexity index is 1080. The van der Waals surface area contributed by atoms with Crippen LogP contribution in [0.5, 0.6) is 0 Å². The van der Waals surface area contributed by atoms with Crippen molar-refractivity contribution in [3.63, 3.8) is 0 Å². The second-order valence-corrected chi connectivity index (χ2v) is 8.34. The van der Waals surface area contributed by atoms with Crippen LogP contribution in [0.4, 0.5) is 32.0 Å². The van der Waals surface area contributed by atoms with Gasteiger partial charge in [0.05, 0.1) is 43.4 Å². The van der Waals surface area contributed by atoms with Crippen molar-refractivity contribution in [2.24, 2.45) is 0 Å². The molecule has 1 aliphatic rings. The van der Waals surface area contributed by atoms with Crippen molar-refractivity contribution in [2.45, 2.75) is 50.5 Å². The number of anilines is 1. The van der Waals surface area contributed by atoms with Crippen LogP contribution in [0.1, 0.15) is 49.1 Å². The van der Waals surface area contributed by atoms with E-state index in [1.807, 2.05) is 0 Å². The molecule has 2 aromatic heterocycles. The van der Waals surface area contributed by atoms with E-state index in [-0.39, 0.29) is 31.5 Å². The number of hydrogen-bond donors (Lipinski definition) is 2. The molecule has 0 spiro atoms. The van der Waals surface area contributed by atoms with E-state index in [1.165, 1.54) is 0 Å². The monoisotopic (exact) mass is 522 g/mol. The van der Waals surface area contributed by atoms with E-state index in [0.29, 0.717) is 37.8 Å². The molecule has 3 heterocycles. The number of aromatic amines is 1. The minimum absolute atomic E-state index is 0.0218. The van der Waals surface area contributed by atoms with Crippen molar-refractivity contribution in [2.75, 3.05) is 31.6 Å². The first kappa shape index (κ1) is 27.4. The standard InChI is InChI=1S/C21H24F6N6O3/c1-12(31-15-9-30-32-19(35)18(15)21(25,26)27)11-36-7-4-17(34)33-5-2-13(3-6-33)14-8-29-16(10-28-14)20(22,23)24/h8-10,12-13H,2-7,11H2,1H3,(H2,31,32,35)/t12-/m0/s1. The number of rotatable bonds is 8. The van der Waals surface area contributed by atoms with E-state index in [4.69, 9.17) is 4.74 Å². The summed E-state index contributed by atoms with van der Waals surface area (Å²) in [6.45, 7) is 2.37. The quantitative estimate of drug-likeness (QED) is 0.404. The lowest BCUT2D eigenvalue weighted by Crippen LogP contribution is -2.38. The maximum atomic E-state index is 13.1. The molecule has 0 bridgehead atoms. The van der Waals surface area contributed by atoms with E-state index >= 15 is 0 Å². The molecule has 9 nitrogen and oxygen atoms in total. The minimum Gasteiger partial charge on any atom is -0.379 e. The summed E-state index contributed by atoms with van der Waals surface area (Å²) in [5, 5.41) is 7.67. The van der Waals surface area contributed by atoms with E-state index < -0.39 is 40.9 Å². The van der Waals surface area contributed by atoms with Crippen molar-refractivity contribution < 1.29 is 35.9 Å². The number of alkyl halides is 6. The highest BCUT2D eigenvalue weighted by atomic mass is 19.4. The smallest absolute Gasteiger partial charge is 0.379 e. The highest BCUT2D eigenvalue weighted by molar-refractivity contribution is 5.76. The molecular formula is C21H24F6N6O3. The lowest BCUT2D eigenvalue weighted by Gasteiger charge is -2.31. The lowest BCUT2D eigenvalue weighted by molar-refractivity contribution is -0.141. The molecule has 0 aliphatic carbocycles. The molecule has 1 fully saturated rings. The first-order valence-corrected chi connectivity index (χ1v) is 11.0. The van der Waals surface area contributed by atoms with Crippen LogP contribution in [0, 0.1) is 0 Å². The van der Waals surface area contributed by atoms with Crippen LogP contribution in [0.25, 0.3) is 0 Å². The van der Waals surface area contributed by atoms with Crippen molar-refractivity contribution in [1.29, 1.82) is 0 Å². The van der Waals surface area contributed by atoms with Crippen molar-refractivity contribution in [1.82, 2.24) is 25.1 Å². The zero-order valence-electron chi connectivity index (χ0n) is 19.1. The predicted octanol–water partition coefficient (Wildman–Crippen LogP) is 3.21. The summed E-state index contributed by atoms with van der Waals surface area (Å²) in [7, 11) is 0. The number of carbonyl (C=O) groups excluding carboxylic acids is 1. The van der Waals surface area contributed by atoms with Crippen LogP contribution in [0.3, 0.4) is 0 Å². The van der Waals surface area contributed by atoms with Gasteiger partial charge in [-0.3, -0.25) is 14.6 Å². The van der Waals surface area contributed by atoms with Gasteiger partial charge in [0, 0.05) is 31.2 Å². The van der Waals surface area contributed by atoms with Crippen LogP contribution < -0.4 is 10.9 Å². The van der Waals surface area contributed by atoms with E-state index in [9.17, 15) is 35.9 Å². The number of hydrogen-bond acceptors (Lipinski definition) is 7. The summed E-state index contributed by atoms with van der Waals surface area (Å²) in [4.78, 5) is 32.9. The van der Waals surface area contributed by atoms with Crippen molar-refractivity contribution >= 4 is 11.6 Å². The third-order valence-electron chi connectivity index (χ3n) is 5.60. The number of carbonyl (C=O) groups is 1. The summed E-state index contributed by atoms with van der Waals surface area (Å²) >= 11 is 0. The number of amides is 1. The largest absolute Gasteiger partial charge is 0.434 e. The fourth-order valence-corrected chi connectivity index (χ4v) is 3.79. The highest BCUT2D eigenvalue weighted by Crippen LogP contribution is 2.32. The number of likely N-dealkylation sites (tertiary alicyclic amines) is 1. The zero-order chi connectivity index (χ0) is 26.5. The maximum absolute atomic E-state index is 13.1. The second kappa shape index (κ2) is 11.2. The summed E-state index contributed by atoms with van der Waals surface area (Å²) in [6, 6.07) is -0.606. The van der Waals surface area contributed by atoms with E-state index in [0.717, 1.165) is 12.4 Å².